The van der Waals surface area contributed by atoms with Crippen molar-refractivity contribution < 1.29 is 14.7 Å². The van der Waals surface area contributed by atoms with Gasteiger partial charge in [0.1, 0.15) is 6.10 Å². The normalized spacial score (nSPS) is 21.0. The largest absolute Gasteiger partial charge is 0.470 e. The minimum absolute atomic E-state index is 0.0538. The van der Waals surface area contributed by atoms with E-state index in [4.69, 9.17) is 20.4 Å². The number of hydrogen-bond donors (Lipinski definition) is 2. The number of hydrogen-bond acceptors (Lipinski definition) is 6. The third-order valence-corrected chi connectivity index (χ3v) is 2.18. The highest BCUT2D eigenvalue weighted by atomic mass is 16.5. The molecule has 1 saturated heterocycles. The molecular weight excluding hydrogens is 212 g/mol. The Bertz CT molecular complexity index is 390. The van der Waals surface area contributed by atoms with Crippen LogP contribution < -0.4 is 10.5 Å². The van der Waals surface area contributed by atoms with Gasteiger partial charge in [-0.25, -0.2) is 9.97 Å². The van der Waals surface area contributed by atoms with Crippen molar-refractivity contribution in [2.75, 3.05) is 13.2 Å². The monoisotopic (exact) mass is 224 g/mol. The molecule has 16 heavy (non-hydrogen) atoms. The maximum absolute atomic E-state index is 8.59. The number of rotatable bonds is 3. The Morgan fingerprint density at radius 3 is 3.06 bits per heavy atom. The third kappa shape index (κ3) is 2.19. The standard InChI is InChI=1S/C9H12N4O3/c10-8(13-14)7-9(12-3-2-11-7)16-6-1-4-15-5-6/h2-3,6,14H,1,4-5H2,(H2,10,13). The lowest BCUT2D eigenvalue weighted by Crippen LogP contribution is -2.22. The average Bonchev–Trinajstić information content (AvgIpc) is 2.82. The quantitative estimate of drug-likeness (QED) is 0.317. The Labute approximate surface area is 91.9 Å². The number of amidine groups is 1. The smallest absolute Gasteiger partial charge is 0.244 e. The Kier molecular flexibility index (Phi) is 3.16. The predicted molar refractivity (Wildman–Crippen MR) is 54.4 cm³/mol. The van der Waals surface area contributed by atoms with Gasteiger partial charge in [0.25, 0.3) is 0 Å². The summed E-state index contributed by atoms with van der Waals surface area (Å²) in [5.41, 5.74) is 5.69. The molecule has 0 amide bonds. The highest BCUT2D eigenvalue weighted by Crippen LogP contribution is 2.16. The van der Waals surface area contributed by atoms with E-state index in [9.17, 15) is 0 Å². The molecule has 0 aromatic carbocycles. The first kappa shape index (κ1) is 10.6. The van der Waals surface area contributed by atoms with Gasteiger partial charge in [0, 0.05) is 18.8 Å². The van der Waals surface area contributed by atoms with E-state index in [1.807, 2.05) is 0 Å². The van der Waals surface area contributed by atoms with Crippen molar-refractivity contribution in [2.24, 2.45) is 10.9 Å². The van der Waals surface area contributed by atoms with E-state index in [-0.39, 0.29) is 23.5 Å². The molecule has 0 saturated carbocycles. The van der Waals surface area contributed by atoms with Crippen LogP contribution in [-0.2, 0) is 4.74 Å². The summed E-state index contributed by atoms with van der Waals surface area (Å²) in [6.07, 6.45) is 3.68. The molecule has 0 spiro atoms. The highest BCUT2D eigenvalue weighted by molar-refractivity contribution is 5.97. The zero-order valence-corrected chi connectivity index (χ0v) is 8.54. The number of aromatic nitrogens is 2. The Morgan fingerprint density at radius 1 is 1.56 bits per heavy atom. The summed E-state index contributed by atoms with van der Waals surface area (Å²) in [6.45, 7) is 1.19. The summed E-state index contributed by atoms with van der Waals surface area (Å²) in [5, 5.41) is 11.5. The molecule has 7 heteroatoms. The van der Waals surface area contributed by atoms with Crippen molar-refractivity contribution >= 4 is 5.84 Å². The van der Waals surface area contributed by atoms with Gasteiger partial charge in [-0.3, -0.25) is 0 Å². The van der Waals surface area contributed by atoms with Gasteiger partial charge < -0.3 is 20.4 Å². The fourth-order valence-electron chi connectivity index (χ4n) is 1.40. The molecule has 0 radical (unpaired) electrons. The van der Waals surface area contributed by atoms with Gasteiger partial charge in [0.15, 0.2) is 11.5 Å². The lowest BCUT2D eigenvalue weighted by Gasteiger charge is -2.12. The lowest BCUT2D eigenvalue weighted by molar-refractivity contribution is 0.137. The molecule has 1 aliphatic heterocycles. The van der Waals surface area contributed by atoms with Gasteiger partial charge in [-0.1, -0.05) is 5.16 Å². The summed E-state index contributed by atoms with van der Waals surface area (Å²) in [6, 6.07) is 0. The van der Waals surface area contributed by atoms with Crippen LogP contribution in [0.25, 0.3) is 0 Å². The molecule has 1 aromatic heterocycles. The van der Waals surface area contributed by atoms with E-state index < -0.39 is 0 Å². The minimum atomic E-state index is -0.123. The Morgan fingerprint density at radius 2 is 2.38 bits per heavy atom. The molecule has 1 aromatic rings. The third-order valence-electron chi connectivity index (χ3n) is 2.18. The fourth-order valence-corrected chi connectivity index (χ4v) is 1.40. The van der Waals surface area contributed by atoms with Gasteiger partial charge in [0.05, 0.1) is 13.2 Å². The van der Waals surface area contributed by atoms with E-state index in [1.165, 1.54) is 12.4 Å². The maximum Gasteiger partial charge on any atom is 0.244 e. The zero-order chi connectivity index (χ0) is 11.4. The molecule has 1 fully saturated rings. The molecular formula is C9H12N4O3. The van der Waals surface area contributed by atoms with Crippen LogP contribution in [0.3, 0.4) is 0 Å². The number of ether oxygens (including phenoxy) is 2. The Hall–Kier alpha value is -1.89. The van der Waals surface area contributed by atoms with Gasteiger partial charge >= 0.3 is 0 Å². The van der Waals surface area contributed by atoms with Crippen LogP contribution in [0.4, 0.5) is 0 Å². The number of nitrogens with two attached hydrogens (primary N) is 1. The first-order valence-electron chi connectivity index (χ1n) is 4.84. The van der Waals surface area contributed by atoms with E-state index >= 15 is 0 Å². The van der Waals surface area contributed by atoms with Crippen molar-refractivity contribution in [3.8, 4) is 5.88 Å². The second kappa shape index (κ2) is 4.75. The van der Waals surface area contributed by atoms with Crippen LogP contribution in [0, 0.1) is 0 Å². The summed E-state index contributed by atoms with van der Waals surface area (Å²) >= 11 is 0. The van der Waals surface area contributed by atoms with Crippen LogP contribution >= 0.6 is 0 Å². The van der Waals surface area contributed by atoms with Crippen LogP contribution in [0.2, 0.25) is 0 Å². The van der Waals surface area contributed by atoms with Crippen LogP contribution in [0.5, 0.6) is 5.88 Å². The zero-order valence-electron chi connectivity index (χ0n) is 8.54. The van der Waals surface area contributed by atoms with Crippen molar-refractivity contribution in [2.45, 2.75) is 12.5 Å². The fraction of sp³-hybridized carbons (Fsp3) is 0.444. The molecule has 0 bridgehead atoms. The van der Waals surface area contributed by atoms with Gasteiger partial charge in [-0.2, -0.15) is 0 Å². The first-order valence-corrected chi connectivity index (χ1v) is 4.84. The van der Waals surface area contributed by atoms with Crippen LogP contribution in [0.15, 0.2) is 17.5 Å². The van der Waals surface area contributed by atoms with Crippen LogP contribution in [0.1, 0.15) is 12.1 Å². The SMILES string of the molecule is NC(=NO)c1nccnc1OC1CCOC1. The minimum Gasteiger partial charge on any atom is -0.470 e. The van der Waals surface area contributed by atoms with E-state index in [0.29, 0.717) is 13.2 Å². The van der Waals surface area contributed by atoms with Gasteiger partial charge in [0.2, 0.25) is 5.88 Å². The molecule has 7 nitrogen and oxygen atoms in total. The summed E-state index contributed by atoms with van der Waals surface area (Å²) in [5.74, 6) is 0.135. The van der Waals surface area contributed by atoms with E-state index in [0.717, 1.165) is 6.42 Å². The Balaban J connectivity index is 2.19. The molecule has 3 N–H and O–H groups in total. The molecule has 2 rings (SSSR count). The van der Waals surface area contributed by atoms with Crippen molar-refractivity contribution in [1.82, 2.24) is 9.97 Å². The highest BCUT2D eigenvalue weighted by Gasteiger charge is 2.20. The summed E-state index contributed by atoms with van der Waals surface area (Å²) < 4.78 is 10.7. The summed E-state index contributed by atoms with van der Waals surface area (Å²) in [7, 11) is 0. The van der Waals surface area contributed by atoms with Crippen LogP contribution in [-0.4, -0.2) is 40.3 Å². The number of nitrogens with zero attached hydrogens (tertiary/aromatic N) is 3. The molecule has 2 heterocycles. The van der Waals surface area contributed by atoms with Crippen molar-refractivity contribution in [1.29, 1.82) is 0 Å². The molecule has 1 aliphatic rings. The molecule has 0 aliphatic carbocycles. The molecule has 1 atom stereocenters. The maximum atomic E-state index is 8.59. The first-order chi connectivity index (χ1) is 7.81. The average molecular weight is 224 g/mol. The topological polar surface area (TPSA) is 103 Å². The second-order valence-electron chi connectivity index (χ2n) is 3.30. The van der Waals surface area contributed by atoms with Crippen molar-refractivity contribution in [3.63, 3.8) is 0 Å². The summed E-state index contributed by atoms with van der Waals surface area (Å²) in [4.78, 5) is 7.95. The second-order valence-corrected chi connectivity index (χ2v) is 3.30. The van der Waals surface area contributed by atoms with E-state index in [2.05, 4.69) is 15.1 Å². The van der Waals surface area contributed by atoms with Gasteiger partial charge in [-0.15, -0.1) is 0 Å². The van der Waals surface area contributed by atoms with E-state index in [1.54, 1.807) is 0 Å². The predicted octanol–water partition coefficient (Wildman–Crippen LogP) is -0.261. The molecule has 1 unspecified atom stereocenters. The van der Waals surface area contributed by atoms with Crippen molar-refractivity contribution in [3.05, 3.63) is 18.1 Å². The van der Waals surface area contributed by atoms with Gasteiger partial charge in [-0.05, 0) is 0 Å². The lowest BCUT2D eigenvalue weighted by atomic mass is 10.3. The number of oxime groups is 1. The molecule has 86 valence electrons.